The standard InChI is InChI=1S/C6H14N2O2.C2H2O4/c1-6(2,7)5(10)8-3-4-9;3-1(4)2(5)6/h9H,3-4,7H2,1-2H3,(H,8,10);(H,3,4)(H,5,6). The first-order valence-electron chi connectivity index (χ1n) is 4.27. The molecule has 0 aromatic heterocycles. The molecule has 0 aliphatic rings. The number of aliphatic carboxylic acids is 2. The summed E-state index contributed by atoms with van der Waals surface area (Å²) in [7, 11) is 0. The van der Waals surface area contributed by atoms with Crippen LogP contribution >= 0.6 is 0 Å². The molecule has 0 bridgehead atoms. The Kier molecular flexibility index (Phi) is 7.96. The molecule has 1 amide bonds. The van der Waals surface area contributed by atoms with Gasteiger partial charge in [0.2, 0.25) is 5.91 Å². The molecular formula is C8H16N2O6. The third kappa shape index (κ3) is 10.4. The summed E-state index contributed by atoms with van der Waals surface area (Å²) in [6.45, 7) is 3.43. The number of amides is 1. The summed E-state index contributed by atoms with van der Waals surface area (Å²) in [5, 5.41) is 25.6. The van der Waals surface area contributed by atoms with E-state index in [1.54, 1.807) is 13.8 Å². The van der Waals surface area contributed by atoms with Crippen LogP contribution in [0.3, 0.4) is 0 Å². The van der Waals surface area contributed by atoms with E-state index < -0.39 is 17.5 Å². The van der Waals surface area contributed by atoms with Gasteiger partial charge in [0.15, 0.2) is 0 Å². The van der Waals surface area contributed by atoms with Gasteiger partial charge in [0, 0.05) is 6.54 Å². The number of nitrogens with two attached hydrogens (primary N) is 1. The zero-order chi connectivity index (χ0) is 13.4. The zero-order valence-electron chi connectivity index (χ0n) is 9.06. The first kappa shape index (κ1) is 16.7. The van der Waals surface area contributed by atoms with Crippen molar-refractivity contribution in [3.05, 3.63) is 0 Å². The molecule has 0 atom stereocenters. The van der Waals surface area contributed by atoms with Gasteiger partial charge < -0.3 is 26.4 Å². The highest BCUT2D eigenvalue weighted by Crippen LogP contribution is 1.94. The fourth-order valence-corrected chi connectivity index (χ4v) is 0.397. The van der Waals surface area contributed by atoms with E-state index in [2.05, 4.69) is 5.32 Å². The molecule has 0 radical (unpaired) electrons. The molecule has 0 aromatic rings. The minimum Gasteiger partial charge on any atom is -0.473 e. The number of hydrogen-bond donors (Lipinski definition) is 5. The summed E-state index contributed by atoms with van der Waals surface area (Å²) in [5.74, 6) is -3.90. The highest BCUT2D eigenvalue weighted by molar-refractivity contribution is 6.27. The van der Waals surface area contributed by atoms with Crippen LogP contribution < -0.4 is 11.1 Å². The van der Waals surface area contributed by atoms with Crippen LogP contribution in [-0.4, -0.2) is 51.9 Å². The third-order valence-electron chi connectivity index (χ3n) is 1.17. The summed E-state index contributed by atoms with van der Waals surface area (Å²) in [4.78, 5) is 29.1. The summed E-state index contributed by atoms with van der Waals surface area (Å²) in [5.41, 5.74) is 4.57. The van der Waals surface area contributed by atoms with Gasteiger partial charge in [0.05, 0.1) is 12.1 Å². The molecule has 0 spiro atoms. The van der Waals surface area contributed by atoms with E-state index in [-0.39, 0.29) is 19.1 Å². The molecule has 0 unspecified atom stereocenters. The van der Waals surface area contributed by atoms with Gasteiger partial charge in [-0.05, 0) is 13.8 Å². The normalized spacial score (nSPS) is 9.75. The average Bonchev–Trinajstić information content (AvgIpc) is 2.13. The molecule has 0 aromatic carbocycles. The maximum absolute atomic E-state index is 10.9. The Morgan fingerprint density at radius 2 is 1.56 bits per heavy atom. The number of hydrogen-bond acceptors (Lipinski definition) is 5. The second-order valence-electron chi connectivity index (χ2n) is 3.31. The van der Waals surface area contributed by atoms with Gasteiger partial charge in [0.25, 0.3) is 0 Å². The van der Waals surface area contributed by atoms with Crippen molar-refractivity contribution in [3.8, 4) is 0 Å². The lowest BCUT2D eigenvalue weighted by atomic mass is 10.1. The second-order valence-corrected chi connectivity index (χ2v) is 3.31. The number of carboxylic acids is 2. The SMILES string of the molecule is CC(C)(N)C(=O)NCCO.O=C(O)C(=O)O. The maximum atomic E-state index is 10.9. The van der Waals surface area contributed by atoms with E-state index in [1.807, 2.05) is 0 Å². The van der Waals surface area contributed by atoms with Crippen molar-refractivity contribution >= 4 is 17.8 Å². The number of nitrogens with one attached hydrogen (secondary N) is 1. The highest BCUT2D eigenvalue weighted by Gasteiger charge is 2.20. The lowest BCUT2D eigenvalue weighted by molar-refractivity contribution is -0.159. The average molecular weight is 236 g/mol. The van der Waals surface area contributed by atoms with Gasteiger partial charge in [-0.15, -0.1) is 0 Å². The van der Waals surface area contributed by atoms with Crippen LogP contribution in [0.2, 0.25) is 0 Å². The Hall–Kier alpha value is -1.67. The van der Waals surface area contributed by atoms with Crippen LogP contribution in [0.5, 0.6) is 0 Å². The Morgan fingerprint density at radius 1 is 1.19 bits per heavy atom. The molecule has 0 saturated carbocycles. The van der Waals surface area contributed by atoms with Crippen LogP contribution in [0.25, 0.3) is 0 Å². The zero-order valence-corrected chi connectivity index (χ0v) is 9.06. The number of carboxylic acid groups (broad SMARTS) is 2. The quantitative estimate of drug-likeness (QED) is 0.355. The molecule has 0 fully saturated rings. The second kappa shape index (κ2) is 7.60. The molecule has 0 saturated heterocycles. The lowest BCUT2D eigenvalue weighted by Gasteiger charge is -2.16. The highest BCUT2D eigenvalue weighted by atomic mass is 16.4. The number of carbonyl (C=O) groups excluding carboxylic acids is 1. The summed E-state index contributed by atoms with van der Waals surface area (Å²) < 4.78 is 0. The fraction of sp³-hybridized carbons (Fsp3) is 0.625. The van der Waals surface area contributed by atoms with E-state index in [0.29, 0.717) is 0 Å². The number of rotatable bonds is 3. The van der Waals surface area contributed by atoms with Gasteiger partial charge in [-0.3, -0.25) is 4.79 Å². The Labute approximate surface area is 92.1 Å². The first-order valence-corrected chi connectivity index (χ1v) is 4.27. The van der Waals surface area contributed by atoms with Crippen molar-refractivity contribution in [2.75, 3.05) is 13.2 Å². The van der Waals surface area contributed by atoms with Crippen molar-refractivity contribution < 1.29 is 29.7 Å². The van der Waals surface area contributed by atoms with Crippen LogP contribution in [0.15, 0.2) is 0 Å². The van der Waals surface area contributed by atoms with Crippen molar-refractivity contribution in [3.63, 3.8) is 0 Å². The molecule has 0 aliphatic carbocycles. The smallest absolute Gasteiger partial charge is 0.414 e. The Balaban J connectivity index is 0. The van der Waals surface area contributed by atoms with Gasteiger partial charge in [-0.1, -0.05) is 0 Å². The van der Waals surface area contributed by atoms with E-state index in [1.165, 1.54) is 0 Å². The fourth-order valence-electron chi connectivity index (χ4n) is 0.397. The number of carbonyl (C=O) groups is 3. The Morgan fingerprint density at radius 3 is 1.75 bits per heavy atom. The lowest BCUT2D eigenvalue weighted by Crippen LogP contribution is -2.49. The van der Waals surface area contributed by atoms with E-state index in [4.69, 9.17) is 30.6 Å². The van der Waals surface area contributed by atoms with Crippen molar-refractivity contribution in [2.24, 2.45) is 5.73 Å². The summed E-state index contributed by atoms with van der Waals surface area (Å²) in [6, 6.07) is 0. The van der Waals surface area contributed by atoms with E-state index in [9.17, 15) is 4.79 Å². The molecule has 0 heterocycles. The molecular weight excluding hydrogens is 220 g/mol. The van der Waals surface area contributed by atoms with Gasteiger partial charge >= 0.3 is 11.9 Å². The first-order chi connectivity index (χ1) is 7.12. The predicted octanol–water partition coefficient (Wildman–Crippen LogP) is -2.01. The van der Waals surface area contributed by atoms with Crippen molar-refractivity contribution in [1.29, 1.82) is 0 Å². The third-order valence-corrected chi connectivity index (χ3v) is 1.17. The van der Waals surface area contributed by atoms with E-state index >= 15 is 0 Å². The molecule has 8 nitrogen and oxygen atoms in total. The van der Waals surface area contributed by atoms with Crippen molar-refractivity contribution in [1.82, 2.24) is 5.32 Å². The van der Waals surface area contributed by atoms with Crippen molar-refractivity contribution in [2.45, 2.75) is 19.4 Å². The van der Waals surface area contributed by atoms with Gasteiger partial charge in [-0.2, -0.15) is 0 Å². The van der Waals surface area contributed by atoms with E-state index in [0.717, 1.165) is 0 Å². The number of aliphatic hydroxyl groups is 1. The minimum atomic E-state index is -1.82. The maximum Gasteiger partial charge on any atom is 0.414 e. The predicted molar refractivity (Wildman–Crippen MR) is 53.6 cm³/mol. The monoisotopic (exact) mass is 236 g/mol. The molecule has 94 valence electrons. The molecule has 0 aliphatic heterocycles. The largest absolute Gasteiger partial charge is 0.473 e. The van der Waals surface area contributed by atoms with Crippen LogP contribution in [0, 0.1) is 0 Å². The molecule has 16 heavy (non-hydrogen) atoms. The molecule has 0 rings (SSSR count). The number of aliphatic hydroxyl groups excluding tert-OH is 1. The molecule has 6 N–H and O–H groups in total. The molecule has 8 heteroatoms. The Bertz CT molecular complexity index is 246. The van der Waals surface area contributed by atoms with Crippen LogP contribution in [-0.2, 0) is 14.4 Å². The van der Waals surface area contributed by atoms with Crippen LogP contribution in [0.1, 0.15) is 13.8 Å². The minimum absolute atomic E-state index is 0.0537. The van der Waals surface area contributed by atoms with Gasteiger partial charge in [0.1, 0.15) is 0 Å². The van der Waals surface area contributed by atoms with Crippen LogP contribution in [0.4, 0.5) is 0 Å². The summed E-state index contributed by atoms with van der Waals surface area (Å²) >= 11 is 0. The summed E-state index contributed by atoms with van der Waals surface area (Å²) in [6.07, 6.45) is 0. The van der Waals surface area contributed by atoms with Gasteiger partial charge in [-0.25, -0.2) is 9.59 Å². The topological polar surface area (TPSA) is 150 Å².